The van der Waals surface area contributed by atoms with E-state index in [0.717, 1.165) is 29.1 Å². The lowest BCUT2D eigenvalue weighted by atomic mass is 9.71. The number of hydrogen-bond donors (Lipinski definition) is 3. The summed E-state index contributed by atoms with van der Waals surface area (Å²) in [7, 11) is 0. The summed E-state index contributed by atoms with van der Waals surface area (Å²) in [6.07, 6.45) is -0.662. The van der Waals surface area contributed by atoms with Crippen LogP contribution in [0, 0.1) is 18.8 Å². The molecule has 184 valence electrons. The Hall–Kier alpha value is -2.33. The number of hydrogen-bond acceptors (Lipinski definition) is 5. The molecule has 2 aromatic heterocycles. The van der Waals surface area contributed by atoms with Crippen molar-refractivity contribution >= 4 is 40.4 Å². The maximum absolute atomic E-state index is 12.9. The Labute approximate surface area is 204 Å². The monoisotopic (exact) mass is 514 g/mol. The number of aryl methyl sites for hydroxylation is 1. The largest absolute Gasteiger partial charge is 0.391 e. The van der Waals surface area contributed by atoms with Gasteiger partial charge in [0.15, 0.2) is 0 Å². The van der Waals surface area contributed by atoms with Crippen LogP contribution in [0.15, 0.2) is 24.4 Å². The summed E-state index contributed by atoms with van der Waals surface area (Å²) in [5, 5.41) is 9.37. The van der Waals surface area contributed by atoms with Crippen LogP contribution in [0.3, 0.4) is 0 Å². The maximum Gasteiger partial charge on any atom is 0.391 e. The molecule has 2 aliphatic rings. The van der Waals surface area contributed by atoms with Crippen LogP contribution in [0.2, 0.25) is 5.02 Å². The van der Waals surface area contributed by atoms with Gasteiger partial charge in [-0.1, -0.05) is 11.6 Å². The standard InChI is InChI=1S/C23H26ClF3N4O2S/c1-12-18(9-15(24)10-28-12)29-11-17-4-5-20(34-17)22(33)31-19(21(32)30-16-2-3-16)8-13-6-14(7-13)23(25,26)27/h4-5,9-10,13-14,16,19,29H,2-3,6-8,11H2,1H3,(H,30,32)(H,31,33)/t13?,14?,19-/m0/s1. The number of nitrogens with one attached hydrogen (secondary N) is 3. The molecule has 0 bridgehead atoms. The highest BCUT2D eigenvalue weighted by Gasteiger charge is 2.48. The number of carbonyl (C=O) groups excluding carboxylic acids is 2. The molecule has 0 radical (unpaired) electrons. The van der Waals surface area contributed by atoms with E-state index >= 15 is 0 Å². The molecule has 6 nitrogen and oxygen atoms in total. The lowest BCUT2D eigenvalue weighted by molar-refractivity contribution is -0.205. The summed E-state index contributed by atoms with van der Waals surface area (Å²) < 4.78 is 38.5. The van der Waals surface area contributed by atoms with Crippen molar-refractivity contribution in [2.24, 2.45) is 11.8 Å². The Morgan fingerprint density at radius 2 is 2.00 bits per heavy atom. The van der Waals surface area contributed by atoms with E-state index in [9.17, 15) is 22.8 Å². The van der Waals surface area contributed by atoms with Gasteiger partial charge in [-0.05, 0) is 63.1 Å². The van der Waals surface area contributed by atoms with E-state index in [-0.39, 0.29) is 37.1 Å². The molecule has 0 saturated heterocycles. The Morgan fingerprint density at radius 3 is 2.68 bits per heavy atom. The second-order valence-corrected chi connectivity index (χ2v) is 10.6. The minimum Gasteiger partial charge on any atom is -0.379 e. The summed E-state index contributed by atoms with van der Waals surface area (Å²) >= 11 is 7.28. The number of carbonyl (C=O) groups is 2. The average Bonchev–Trinajstić information content (AvgIpc) is 3.41. The van der Waals surface area contributed by atoms with E-state index in [2.05, 4.69) is 20.9 Å². The van der Waals surface area contributed by atoms with Crippen LogP contribution in [0.4, 0.5) is 18.9 Å². The molecule has 0 aromatic carbocycles. The Kier molecular flexibility index (Phi) is 7.37. The molecule has 0 unspecified atom stereocenters. The molecule has 2 aromatic rings. The molecule has 1 atom stereocenters. The first-order valence-electron chi connectivity index (χ1n) is 11.2. The molecular weight excluding hydrogens is 489 g/mol. The lowest BCUT2D eigenvalue weighted by Crippen LogP contribution is -2.49. The minimum absolute atomic E-state index is 0.000818. The van der Waals surface area contributed by atoms with E-state index in [1.165, 1.54) is 11.3 Å². The van der Waals surface area contributed by atoms with Crippen molar-refractivity contribution < 1.29 is 22.8 Å². The van der Waals surface area contributed by atoms with Crippen molar-refractivity contribution in [3.05, 3.63) is 44.9 Å². The summed E-state index contributed by atoms with van der Waals surface area (Å²) in [6, 6.07) is 4.52. The van der Waals surface area contributed by atoms with Crippen molar-refractivity contribution in [1.82, 2.24) is 15.6 Å². The minimum atomic E-state index is -4.20. The van der Waals surface area contributed by atoms with Gasteiger partial charge in [-0.25, -0.2) is 0 Å². The van der Waals surface area contributed by atoms with Crippen molar-refractivity contribution in [1.29, 1.82) is 0 Å². The Morgan fingerprint density at radius 1 is 1.26 bits per heavy atom. The highest BCUT2D eigenvalue weighted by atomic mass is 35.5. The fourth-order valence-electron chi connectivity index (χ4n) is 3.98. The van der Waals surface area contributed by atoms with E-state index in [4.69, 9.17) is 11.6 Å². The van der Waals surface area contributed by atoms with E-state index in [0.29, 0.717) is 16.4 Å². The number of halogens is 4. The zero-order valence-corrected chi connectivity index (χ0v) is 20.1. The van der Waals surface area contributed by atoms with Crippen LogP contribution in [0.1, 0.15) is 52.3 Å². The molecule has 34 heavy (non-hydrogen) atoms. The predicted octanol–water partition coefficient (Wildman–Crippen LogP) is 5.07. The predicted molar refractivity (Wildman–Crippen MR) is 125 cm³/mol. The molecule has 2 fully saturated rings. The average molecular weight is 515 g/mol. The third-order valence-corrected chi connectivity index (χ3v) is 7.50. The van der Waals surface area contributed by atoms with Crippen LogP contribution in [-0.4, -0.2) is 35.1 Å². The van der Waals surface area contributed by atoms with Gasteiger partial charge < -0.3 is 16.0 Å². The van der Waals surface area contributed by atoms with Gasteiger partial charge in [0.1, 0.15) is 6.04 Å². The van der Waals surface area contributed by atoms with Crippen LogP contribution >= 0.6 is 22.9 Å². The smallest absolute Gasteiger partial charge is 0.379 e. The number of rotatable bonds is 9. The fourth-order valence-corrected chi connectivity index (χ4v) is 4.99. The number of aromatic nitrogens is 1. The summed E-state index contributed by atoms with van der Waals surface area (Å²) in [5.41, 5.74) is 1.59. The van der Waals surface area contributed by atoms with Crippen LogP contribution in [-0.2, 0) is 11.3 Å². The second kappa shape index (κ2) is 10.1. The highest BCUT2D eigenvalue weighted by Crippen LogP contribution is 2.46. The van der Waals surface area contributed by atoms with Crippen LogP contribution < -0.4 is 16.0 Å². The van der Waals surface area contributed by atoms with Gasteiger partial charge in [0, 0.05) is 23.7 Å². The molecule has 2 aliphatic carbocycles. The molecule has 2 heterocycles. The summed E-state index contributed by atoms with van der Waals surface area (Å²) in [6.45, 7) is 2.32. The number of alkyl halides is 3. The molecule has 0 aliphatic heterocycles. The Bertz CT molecular complexity index is 1050. The number of thiophene rings is 1. The van der Waals surface area contributed by atoms with E-state index in [1.54, 1.807) is 18.3 Å². The molecule has 3 N–H and O–H groups in total. The topological polar surface area (TPSA) is 83.1 Å². The van der Waals surface area contributed by atoms with Crippen molar-refractivity contribution in [2.75, 3.05) is 5.32 Å². The highest BCUT2D eigenvalue weighted by molar-refractivity contribution is 7.14. The molecule has 2 saturated carbocycles. The normalized spacial score (nSPS) is 20.9. The van der Waals surface area contributed by atoms with Gasteiger partial charge >= 0.3 is 6.18 Å². The molecule has 0 spiro atoms. The van der Waals surface area contributed by atoms with Gasteiger partial charge in [-0.3, -0.25) is 14.6 Å². The third kappa shape index (κ3) is 6.41. The van der Waals surface area contributed by atoms with Gasteiger partial charge in [0.25, 0.3) is 5.91 Å². The Balaban J connectivity index is 1.35. The number of nitrogens with zero attached hydrogens (tertiary/aromatic N) is 1. The first-order valence-corrected chi connectivity index (χ1v) is 12.4. The number of amides is 2. The summed E-state index contributed by atoms with van der Waals surface area (Å²) in [4.78, 5) is 31.0. The van der Waals surface area contributed by atoms with Gasteiger partial charge in [-0.2, -0.15) is 13.2 Å². The van der Waals surface area contributed by atoms with Gasteiger partial charge in [0.2, 0.25) is 5.91 Å². The van der Waals surface area contributed by atoms with Crippen molar-refractivity contribution in [2.45, 2.75) is 63.8 Å². The van der Waals surface area contributed by atoms with Gasteiger partial charge in [0.05, 0.1) is 27.2 Å². The van der Waals surface area contributed by atoms with Crippen molar-refractivity contribution in [3.8, 4) is 0 Å². The van der Waals surface area contributed by atoms with E-state index < -0.39 is 24.0 Å². The van der Waals surface area contributed by atoms with Crippen molar-refractivity contribution in [3.63, 3.8) is 0 Å². The number of anilines is 1. The molecule has 4 rings (SSSR count). The fraction of sp³-hybridized carbons (Fsp3) is 0.522. The zero-order valence-electron chi connectivity index (χ0n) is 18.5. The van der Waals surface area contributed by atoms with Crippen LogP contribution in [0.5, 0.6) is 0 Å². The molecular formula is C23H26ClF3N4O2S. The SMILES string of the molecule is Cc1ncc(Cl)cc1NCc1ccc(C(=O)N[C@@H](CC2CC(C(F)(F)F)C2)C(=O)NC2CC2)s1. The zero-order chi connectivity index (χ0) is 24.5. The maximum atomic E-state index is 12.9. The third-order valence-electron chi connectivity index (χ3n) is 6.21. The van der Waals surface area contributed by atoms with E-state index in [1.807, 2.05) is 13.0 Å². The quantitative estimate of drug-likeness (QED) is 0.436. The van der Waals surface area contributed by atoms with Crippen LogP contribution in [0.25, 0.3) is 0 Å². The second-order valence-electron chi connectivity index (χ2n) is 9.03. The first kappa shape index (κ1) is 24.8. The van der Waals surface area contributed by atoms with Gasteiger partial charge in [-0.15, -0.1) is 11.3 Å². The lowest BCUT2D eigenvalue weighted by Gasteiger charge is -2.38. The summed E-state index contributed by atoms with van der Waals surface area (Å²) in [5.74, 6) is -2.28. The molecule has 2 amide bonds. The first-order chi connectivity index (χ1) is 16.1. The number of pyridine rings is 1. The molecule has 11 heteroatoms.